The molecule has 0 aliphatic rings. The lowest BCUT2D eigenvalue weighted by molar-refractivity contribution is -0.121. The minimum atomic E-state index is -0.204. The standard InChI is InChI=1S/C20H29N3O4S/c1-5-13(4)21-18(24)9-8-10-23-19(25)14-11-16(26-6-2)17(27-7-3)12-15(14)22-20(23)28/h11-13H,5-10H2,1-4H3,(H,21,24)(H,22,28)/t13-/m1/s1. The van der Waals surface area contributed by atoms with Crippen LogP contribution < -0.4 is 20.3 Å². The van der Waals surface area contributed by atoms with Crippen LogP contribution in [0.25, 0.3) is 10.9 Å². The molecule has 1 atom stereocenters. The van der Waals surface area contributed by atoms with E-state index in [1.807, 2.05) is 27.7 Å². The maximum Gasteiger partial charge on any atom is 0.262 e. The molecule has 8 heteroatoms. The van der Waals surface area contributed by atoms with Crippen molar-refractivity contribution in [1.82, 2.24) is 14.9 Å². The second-order valence-electron chi connectivity index (χ2n) is 6.58. The van der Waals surface area contributed by atoms with Crippen LogP contribution in [0.5, 0.6) is 11.5 Å². The predicted molar refractivity (Wildman–Crippen MR) is 113 cm³/mol. The molecule has 1 aromatic heterocycles. The first-order valence-corrected chi connectivity index (χ1v) is 10.2. The number of nitrogens with one attached hydrogen (secondary N) is 2. The normalized spacial score (nSPS) is 12.0. The average Bonchev–Trinajstić information content (AvgIpc) is 2.65. The zero-order valence-corrected chi connectivity index (χ0v) is 17.8. The Bertz CT molecular complexity index is 935. The van der Waals surface area contributed by atoms with Crippen LogP contribution in [-0.4, -0.2) is 34.7 Å². The zero-order chi connectivity index (χ0) is 20.7. The number of fused-ring (bicyclic) bond motifs is 1. The Hall–Kier alpha value is -2.35. The molecule has 7 nitrogen and oxygen atoms in total. The number of aromatic nitrogens is 2. The molecule has 1 aromatic carbocycles. The highest BCUT2D eigenvalue weighted by atomic mass is 32.1. The number of carbonyl (C=O) groups is 1. The van der Waals surface area contributed by atoms with Crippen LogP contribution in [0, 0.1) is 4.77 Å². The van der Waals surface area contributed by atoms with Gasteiger partial charge >= 0.3 is 0 Å². The van der Waals surface area contributed by atoms with Gasteiger partial charge in [-0.3, -0.25) is 14.2 Å². The Balaban J connectivity index is 2.27. The van der Waals surface area contributed by atoms with E-state index in [1.54, 1.807) is 12.1 Å². The summed E-state index contributed by atoms with van der Waals surface area (Å²) < 4.78 is 13.0. The quantitative estimate of drug-likeness (QED) is 0.588. The molecule has 0 spiro atoms. The summed E-state index contributed by atoms with van der Waals surface area (Å²) >= 11 is 5.36. The first-order chi connectivity index (χ1) is 13.4. The molecule has 1 heterocycles. The van der Waals surface area contributed by atoms with Crippen molar-refractivity contribution in [3.8, 4) is 11.5 Å². The fraction of sp³-hybridized carbons (Fsp3) is 0.550. The molecule has 0 fully saturated rings. The third-order valence-electron chi connectivity index (χ3n) is 4.45. The molecule has 1 amide bonds. The summed E-state index contributed by atoms with van der Waals surface area (Å²) in [6.07, 6.45) is 1.75. The van der Waals surface area contributed by atoms with E-state index in [0.717, 1.165) is 6.42 Å². The lowest BCUT2D eigenvalue weighted by atomic mass is 10.2. The number of H-pyrrole nitrogens is 1. The van der Waals surface area contributed by atoms with Gasteiger partial charge in [0.25, 0.3) is 5.56 Å². The number of nitrogens with zero attached hydrogens (tertiary/aromatic N) is 1. The van der Waals surface area contributed by atoms with Crippen LogP contribution in [0.2, 0.25) is 0 Å². The molecule has 0 aliphatic carbocycles. The molecule has 2 aromatic rings. The van der Waals surface area contributed by atoms with E-state index in [-0.39, 0.29) is 17.5 Å². The van der Waals surface area contributed by atoms with Gasteiger partial charge in [0.1, 0.15) is 0 Å². The largest absolute Gasteiger partial charge is 0.490 e. The van der Waals surface area contributed by atoms with Crippen LogP contribution in [0.1, 0.15) is 47.0 Å². The van der Waals surface area contributed by atoms with Gasteiger partial charge in [0.05, 0.1) is 24.1 Å². The van der Waals surface area contributed by atoms with E-state index in [4.69, 9.17) is 21.7 Å². The summed E-state index contributed by atoms with van der Waals surface area (Å²) in [5, 5.41) is 3.40. The van der Waals surface area contributed by atoms with Gasteiger partial charge in [0, 0.05) is 25.1 Å². The van der Waals surface area contributed by atoms with Crippen LogP contribution in [0.15, 0.2) is 16.9 Å². The van der Waals surface area contributed by atoms with Crippen LogP contribution in [0.4, 0.5) is 0 Å². The fourth-order valence-corrected chi connectivity index (χ4v) is 3.13. The van der Waals surface area contributed by atoms with Crippen molar-refractivity contribution in [1.29, 1.82) is 0 Å². The Kier molecular flexibility index (Phi) is 8.04. The molecule has 28 heavy (non-hydrogen) atoms. The summed E-state index contributed by atoms with van der Waals surface area (Å²) in [5.74, 6) is 1.08. The maximum absolute atomic E-state index is 13.0. The Morgan fingerprint density at radius 3 is 2.46 bits per heavy atom. The monoisotopic (exact) mass is 407 g/mol. The first-order valence-electron chi connectivity index (χ1n) is 9.77. The molecule has 0 radical (unpaired) electrons. The van der Waals surface area contributed by atoms with Crippen LogP contribution >= 0.6 is 12.2 Å². The van der Waals surface area contributed by atoms with Gasteiger partial charge in [0.2, 0.25) is 5.91 Å². The number of benzene rings is 1. The van der Waals surface area contributed by atoms with Gasteiger partial charge in [-0.15, -0.1) is 0 Å². The summed E-state index contributed by atoms with van der Waals surface area (Å²) in [6, 6.07) is 3.57. The van der Waals surface area contributed by atoms with E-state index >= 15 is 0 Å². The van der Waals surface area contributed by atoms with Crippen molar-refractivity contribution < 1.29 is 14.3 Å². The van der Waals surface area contributed by atoms with E-state index < -0.39 is 0 Å². The van der Waals surface area contributed by atoms with Gasteiger partial charge < -0.3 is 19.8 Å². The van der Waals surface area contributed by atoms with E-state index in [0.29, 0.717) is 59.8 Å². The van der Waals surface area contributed by atoms with Gasteiger partial charge in [0.15, 0.2) is 16.3 Å². The van der Waals surface area contributed by atoms with Crippen LogP contribution in [0.3, 0.4) is 0 Å². The molecule has 154 valence electrons. The number of rotatable bonds is 10. The number of carbonyl (C=O) groups excluding carboxylic acids is 1. The summed E-state index contributed by atoms with van der Waals surface area (Å²) in [6.45, 7) is 9.07. The Labute approximate surface area is 170 Å². The second kappa shape index (κ2) is 10.3. The van der Waals surface area contributed by atoms with E-state index in [9.17, 15) is 9.59 Å². The molecule has 2 rings (SSSR count). The number of hydrogen-bond acceptors (Lipinski definition) is 5. The predicted octanol–water partition coefficient (Wildman–Crippen LogP) is 3.55. The van der Waals surface area contributed by atoms with Gasteiger partial charge in [-0.1, -0.05) is 6.92 Å². The fourth-order valence-electron chi connectivity index (χ4n) is 2.85. The second-order valence-corrected chi connectivity index (χ2v) is 6.96. The van der Waals surface area contributed by atoms with Crippen molar-refractivity contribution in [2.75, 3.05) is 13.2 Å². The highest BCUT2D eigenvalue weighted by Gasteiger charge is 2.13. The topological polar surface area (TPSA) is 85.4 Å². The number of aromatic amines is 1. The number of ether oxygens (including phenoxy) is 2. The highest BCUT2D eigenvalue weighted by molar-refractivity contribution is 7.71. The number of amides is 1. The summed E-state index contributed by atoms with van der Waals surface area (Å²) in [5.41, 5.74) is 0.401. The minimum absolute atomic E-state index is 0.0157. The highest BCUT2D eigenvalue weighted by Crippen LogP contribution is 2.30. The molecule has 0 saturated heterocycles. The average molecular weight is 408 g/mol. The minimum Gasteiger partial charge on any atom is -0.490 e. The SMILES string of the molecule is CCOc1cc2[nH]c(=S)n(CCCC(=O)N[C@H](C)CC)c(=O)c2cc1OCC. The van der Waals surface area contributed by atoms with E-state index in [2.05, 4.69) is 10.3 Å². The third-order valence-corrected chi connectivity index (χ3v) is 4.77. The Morgan fingerprint density at radius 1 is 1.21 bits per heavy atom. The van der Waals surface area contributed by atoms with Crippen molar-refractivity contribution in [3.63, 3.8) is 0 Å². The molecule has 0 saturated carbocycles. The maximum atomic E-state index is 13.0. The Morgan fingerprint density at radius 2 is 1.86 bits per heavy atom. The van der Waals surface area contributed by atoms with Crippen molar-refractivity contribution in [2.24, 2.45) is 0 Å². The smallest absolute Gasteiger partial charge is 0.262 e. The lowest BCUT2D eigenvalue weighted by Crippen LogP contribution is -2.32. The van der Waals surface area contributed by atoms with Gasteiger partial charge in [-0.2, -0.15) is 0 Å². The van der Waals surface area contributed by atoms with Gasteiger partial charge in [-0.25, -0.2) is 0 Å². The molecule has 0 aliphatic heterocycles. The van der Waals surface area contributed by atoms with Gasteiger partial charge in [-0.05, 0) is 51.9 Å². The van der Waals surface area contributed by atoms with Crippen LogP contribution in [-0.2, 0) is 11.3 Å². The zero-order valence-electron chi connectivity index (χ0n) is 17.0. The third kappa shape index (κ3) is 5.34. The summed E-state index contributed by atoms with van der Waals surface area (Å²) in [7, 11) is 0. The number of hydrogen-bond donors (Lipinski definition) is 2. The first kappa shape index (κ1) is 21.9. The van der Waals surface area contributed by atoms with Crippen molar-refractivity contribution in [2.45, 2.75) is 59.5 Å². The van der Waals surface area contributed by atoms with E-state index in [1.165, 1.54) is 4.57 Å². The summed E-state index contributed by atoms with van der Waals surface area (Å²) in [4.78, 5) is 28.0. The molecule has 0 unspecified atom stereocenters. The molecular weight excluding hydrogens is 378 g/mol. The molecular formula is C20H29N3O4S. The molecule has 2 N–H and O–H groups in total. The molecule has 0 bridgehead atoms. The lowest BCUT2D eigenvalue weighted by Gasteiger charge is -2.14. The van der Waals surface area contributed by atoms with Crippen molar-refractivity contribution in [3.05, 3.63) is 27.3 Å². The van der Waals surface area contributed by atoms with Crippen molar-refractivity contribution >= 4 is 29.0 Å².